The normalized spacial score (nSPS) is 14.4. The highest BCUT2D eigenvalue weighted by Gasteiger charge is 2.29. The van der Waals surface area contributed by atoms with Crippen molar-refractivity contribution in [2.24, 2.45) is 0 Å². The van der Waals surface area contributed by atoms with Crippen molar-refractivity contribution in [1.82, 2.24) is 34.7 Å². The fourth-order valence-corrected chi connectivity index (χ4v) is 5.48. The Hall–Kier alpha value is -4.48. The van der Waals surface area contributed by atoms with E-state index in [4.69, 9.17) is 28.3 Å². The third kappa shape index (κ3) is 4.55. The van der Waals surface area contributed by atoms with E-state index in [0.717, 1.165) is 22.4 Å². The zero-order valence-corrected chi connectivity index (χ0v) is 21.9. The summed E-state index contributed by atoms with van der Waals surface area (Å²) in [6.07, 6.45) is 1.67. The van der Waals surface area contributed by atoms with E-state index >= 15 is 0 Å². The molecule has 13 heteroatoms. The Kier molecular flexibility index (Phi) is 6.16. The zero-order valence-electron chi connectivity index (χ0n) is 20.4. The number of aromatic nitrogens is 7. The standard InChI is InChI=1S/C26H20Cl2N8O3/c1-13-8-16(30-26(38)39)3-5-18(13)23-24(28)32-25(31-23)21-7-4-17-9-14(10-22(37)36(17)21)19-11-15(27)2-6-20(19)35-12-29-33-34-35/h2-3,5-6,8-12,21,30H,4,7H2,1H3,(H,31,32)(H,38,39). The van der Waals surface area contributed by atoms with Crippen molar-refractivity contribution in [3.05, 3.63) is 92.5 Å². The number of carboxylic acid groups (broad SMARTS) is 1. The number of fused-ring (bicyclic) bond motifs is 1. The van der Waals surface area contributed by atoms with Gasteiger partial charge in [0.2, 0.25) is 0 Å². The lowest BCUT2D eigenvalue weighted by atomic mass is 10.0. The number of rotatable bonds is 5. The molecule has 1 aliphatic rings. The number of benzene rings is 2. The molecule has 0 bridgehead atoms. The number of hydrogen-bond donors (Lipinski definition) is 3. The number of halogens is 2. The molecule has 1 unspecified atom stereocenters. The number of tetrazole rings is 1. The second-order valence-electron chi connectivity index (χ2n) is 9.16. The lowest BCUT2D eigenvalue weighted by molar-refractivity contribution is 0.209. The molecule has 0 saturated heterocycles. The highest BCUT2D eigenvalue weighted by atomic mass is 35.5. The Morgan fingerprint density at radius 3 is 2.72 bits per heavy atom. The van der Waals surface area contributed by atoms with E-state index < -0.39 is 6.09 Å². The predicted molar refractivity (Wildman–Crippen MR) is 146 cm³/mol. The molecule has 11 nitrogen and oxygen atoms in total. The molecule has 0 radical (unpaired) electrons. The second kappa shape index (κ2) is 9.68. The lowest BCUT2D eigenvalue weighted by Gasteiger charge is -2.15. The molecule has 0 aliphatic carbocycles. The average molecular weight is 563 g/mol. The van der Waals surface area contributed by atoms with Gasteiger partial charge < -0.3 is 14.7 Å². The van der Waals surface area contributed by atoms with Crippen LogP contribution >= 0.6 is 23.2 Å². The van der Waals surface area contributed by atoms with Crippen LogP contribution in [0.2, 0.25) is 10.2 Å². The van der Waals surface area contributed by atoms with E-state index in [2.05, 4.69) is 30.8 Å². The van der Waals surface area contributed by atoms with Crippen LogP contribution in [0, 0.1) is 6.92 Å². The highest BCUT2D eigenvalue weighted by Crippen LogP contribution is 2.37. The van der Waals surface area contributed by atoms with Crippen LogP contribution in [-0.4, -0.2) is 45.9 Å². The first-order valence-electron chi connectivity index (χ1n) is 11.9. The van der Waals surface area contributed by atoms with Crippen molar-refractivity contribution in [2.45, 2.75) is 25.8 Å². The lowest BCUT2D eigenvalue weighted by Crippen LogP contribution is -2.24. The molecule has 1 atom stereocenters. The number of nitrogens with zero attached hydrogens (tertiary/aromatic N) is 6. The summed E-state index contributed by atoms with van der Waals surface area (Å²) in [6.45, 7) is 1.86. The first kappa shape index (κ1) is 24.8. The van der Waals surface area contributed by atoms with Gasteiger partial charge in [0, 0.05) is 33.6 Å². The first-order valence-corrected chi connectivity index (χ1v) is 12.7. The van der Waals surface area contributed by atoms with Crippen LogP contribution in [0.4, 0.5) is 10.5 Å². The van der Waals surface area contributed by atoms with Crippen LogP contribution < -0.4 is 10.9 Å². The quantitative estimate of drug-likeness (QED) is 0.269. The van der Waals surface area contributed by atoms with E-state index in [1.807, 2.05) is 13.0 Å². The molecule has 1 amide bonds. The number of carbonyl (C=O) groups is 1. The van der Waals surface area contributed by atoms with E-state index in [1.165, 1.54) is 11.0 Å². The summed E-state index contributed by atoms with van der Waals surface area (Å²) in [6, 6.07) is 13.7. The van der Waals surface area contributed by atoms with Gasteiger partial charge in [0.25, 0.3) is 5.56 Å². The minimum absolute atomic E-state index is 0.179. The molecule has 3 aromatic heterocycles. The van der Waals surface area contributed by atoms with Crippen molar-refractivity contribution >= 4 is 35.0 Å². The molecule has 39 heavy (non-hydrogen) atoms. The van der Waals surface area contributed by atoms with Crippen molar-refractivity contribution in [3.8, 4) is 28.1 Å². The molecule has 196 valence electrons. The summed E-state index contributed by atoms with van der Waals surface area (Å²) >= 11 is 12.8. The van der Waals surface area contributed by atoms with Gasteiger partial charge in [0.1, 0.15) is 12.2 Å². The van der Waals surface area contributed by atoms with Gasteiger partial charge in [-0.05, 0) is 77.7 Å². The summed E-state index contributed by atoms with van der Waals surface area (Å²) in [5.74, 6) is 0.577. The van der Waals surface area contributed by atoms with Gasteiger partial charge in [-0.2, -0.15) is 4.68 Å². The SMILES string of the molecule is Cc1cc(NC(=O)O)ccc1-c1[nH]c(C2CCc3cc(-c4cc(Cl)ccc4-n4cnnn4)cc(=O)n32)nc1Cl. The zero-order chi connectivity index (χ0) is 27.3. The number of anilines is 1. The van der Waals surface area contributed by atoms with Crippen molar-refractivity contribution in [2.75, 3.05) is 5.32 Å². The fraction of sp³-hybridized carbons (Fsp3) is 0.154. The van der Waals surface area contributed by atoms with Crippen molar-refractivity contribution < 1.29 is 9.90 Å². The number of hydrogen-bond acceptors (Lipinski definition) is 6. The number of aromatic amines is 1. The van der Waals surface area contributed by atoms with Gasteiger partial charge in [0.15, 0.2) is 5.15 Å². The van der Waals surface area contributed by atoms with Gasteiger partial charge in [-0.1, -0.05) is 29.3 Å². The van der Waals surface area contributed by atoms with Gasteiger partial charge in [-0.25, -0.2) is 9.78 Å². The van der Waals surface area contributed by atoms with E-state index in [-0.39, 0.29) is 16.8 Å². The number of imidazole rings is 1. The molecular weight excluding hydrogens is 543 g/mol. The minimum Gasteiger partial charge on any atom is -0.465 e. The van der Waals surface area contributed by atoms with Gasteiger partial charge in [-0.15, -0.1) is 5.10 Å². The average Bonchev–Trinajstić information content (AvgIpc) is 3.64. The molecule has 0 fully saturated rings. The summed E-state index contributed by atoms with van der Waals surface area (Å²) in [5, 5.41) is 23.5. The summed E-state index contributed by atoms with van der Waals surface area (Å²) in [7, 11) is 0. The maximum absolute atomic E-state index is 13.5. The first-order chi connectivity index (χ1) is 18.8. The monoisotopic (exact) mass is 562 g/mol. The Bertz CT molecular complexity index is 1800. The molecule has 2 aromatic carbocycles. The number of amides is 1. The smallest absolute Gasteiger partial charge is 0.409 e. The second-order valence-corrected chi connectivity index (χ2v) is 9.96. The van der Waals surface area contributed by atoms with Crippen LogP contribution in [0.5, 0.6) is 0 Å². The number of pyridine rings is 1. The Morgan fingerprint density at radius 1 is 1.13 bits per heavy atom. The van der Waals surface area contributed by atoms with Crippen LogP contribution in [0.25, 0.3) is 28.1 Å². The van der Waals surface area contributed by atoms with Crippen LogP contribution in [0.3, 0.4) is 0 Å². The fourth-order valence-electron chi connectivity index (χ4n) is 5.07. The Labute approximate surface area is 231 Å². The molecule has 4 heterocycles. The Morgan fingerprint density at radius 2 is 1.97 bits per heavy atom. The number of nitrogens with one attached hydrogen (secondary N) is 2. The largest absolute Gasteiger partial charge is 0.465 e. The molecule has 3 N–H and O–H groups in total. The van der Waals surface area contributed by atoms with Crippen LogP contribution in [0.1, 0.15) is 29.5 Å². The molecular formula is C26H20Cl2N8O3. The Balaban J connectivity index is 1.36. The maximum Gasteiger partial charge on any atom is 0.409 e. The molecule has 5 aromatic rings. The van der Waals surface area contributed by atoms with E-state index in [1.54, 1.807) is 47.0 Å². The van der Waals surface area contributed by atoms with Gasteiger partial charge in [-0.3, -0.25) is 10.1 Å². The maximum atomic E-state index is 13.5. The van der Waals surface area contributed by atoms with Crippen LogP contribution in [0.15, 0.2) is 59.7 Å². The summed E-state index contributed by atoms with van der Waals surface area (Å²) in [5.41, 5.74) is 5.48. The molecule has 6 rings (SSSR count). The summed E-state index contributed by atoms with van der Waals surface area (Å²) in [4.78, 5) is 32.3. The molecule has 1 aliphatic heterocycles. The van der Waals surface area contributed by atoms with Crippen molar-refractivity contribution in [3.63, 3.8) is 0 Å². The third-order valence-corrected chi connectivity index (χ3v) is 7.25. The van der Waals surface area contributed by atoms with E-state index in [9.17, 15) is 9.59 Å². The van der Waals surface area contributed by atoms with E-state index in [0.29, 0.717) is 46.3 Å². The van der Waals surface area contributed by atoms with Gasteiger partial charge in [0.05, 0.1) is 17.4 Å². The van der Waals surface area contributed by atoms with Crippen LogP contribution in [-0.2, 0) is 6.42 Å². The van der Waals surface area contributed by atoms with Crippen molar-refractivity contribution in [1.29, 1.82) is 0 Å². The minimum atomic E-state index is -1.14. The van der Waals surface area contributed by atoms with Gasteiger partial charge >= 0.3 is 6.09 Å². The topological polar surface area (TPSA) is 144 Å². The molecule has 0 saturated carbocycles. The number of H-pyrrole nitrogens is 1. The summed E-state index contributed by atoms with van der Waals surface area (Å²) < 4.78 is 3.26. The molecule has 0 spiro atoms. The predicted octanol–water partition coefficient (Wildman–Crippen LogP) is 5.12. The third-order valence-electron chi connectivity index (χ3n) is 6.74. The highest BCUT2D eigenvalue weighted by molar-refractivity contribution is 6.32. The number of aryl methyl sites for hydroxylation is 2.